The zero-order chi connectivity index (χ0) is 15.8. The van der Waals surface area contributed by atoms with Crippen LogP contribution >= 0.6 is 0 Å². The minimum absolute atomic E-state index is 0.148. The largest absolute Gasteiger partial charge is 0.362 e. The Bertz CT molecular complexity index is 454. The molecule has 0 aliphatic carbocycles. The lowest BCUT2D eigenvalue weighted by Crippen LogP contribution is -2.40. The molecule has 0 radical (unpaired) electrons. The van der Waals surface area contributed by atoms with Crippen LogP contribution in [0.1, 0.15) is 26.7 Å². The highest BCUT2D eigenvalue weighted by Crippen LogP contribution is 2.20. The van der Waals surface area contributed by atoms with Crippen molar-refractivity contribution in [3.8, 4) is 24.3 Å². The molecular weight excluding hydrogens is 260 g/mol. The topological polar surface area (TPSA) is 160 Å². The van der Waals surface area contributed by atoms with Crippen molar-refractivity contribution in [1.29, 1.82) is 21.0 Å². The normalized spacial score (nSPS) is 14.6. The van der Waals surface area contributed by atoms with Gasteiger partial charge >= 0.3 is 0 Å². The molecule has 2 N–H and O–H groups in total. The zero-order valence-electron chi connectivity index (χ0n) is 11.1. The summed E-state index contributed by atoms with van der Waals surface area (Å²) in [5.41, 5.74) is -4.68. The van der Waals surface area contributed by atoms with Crippen molar-refractivity contribution in [3.05, 3.63) is 0 Å². The number of hydrogen-bond donors (Lipinski definition) is 2. The molecule has 0 fully saturated rings. The molecule has 0 aromatic rings. The van der Waals surface area contributed by atoms with Gasteiger partial charge in [0.05, 0.1) is 0 Å². The van der Waals surface area contributed by atoms with Gasteiger partial charge in [-0.2, -0.15) is 31.3 Å². The van der Waals surface area contributed by atoms with Crippen LogP contribution in [0.4, 0.5) is 0 Å². The molecular formula is C12H14N6O2. The fraction of sp³-hybridized carbons (Fsp3) is 0.667. The molecule has 8 nitrogen and oxygen atoms in total. The third-order valence-electron chi connectivity index (χ3n) is 2.77. The molecule has 0 saturated heterocycles. The maximum Gasteiger partial charge on any atom is 0.263 e. The van der Waals surface area contributed by atoms with Crippen LogP contribution in [-0.4, -0.2) is 33.5 Å². The number of nitriles is 4. The Morgan fingerprint density at radius 1 is 0.800 bits per heavy atom. The first-order chi connectivity index (χ1) is 9.37. The summed E-state index contributed by atoms with van der Waals surface area (Å²) in [6.07, 6.45) is 0.296. The fourth-order valence-corrected chi connectivity index (χ4v) is 1.43. The van der Waals surface area contributed by atoms with Crippen LogP contribution in [0.15, 0.2) is 10.2 Å². The van der Waals surface area contributed by atoms with Gasteiger partial charge < -0.3 is 10.2 Å². The number of azo groups is 1. The Hall–Kier alpha value is -2.52. The Morgan fingerprint density at radius 3 is 1.20 bits per heavy atom. The third-order valence-corrected chi connectivity index (χ3v) is 2.77. The summed E-state index contributed by atoms with van der Waals surface area (Å²) in [7, 11) is 0. The van der Waals surface area contributed by atoms with E-state index in [9.17, 15) is 10.2 Å². The first kappa shape index (κ1) is 17.5. The van der Waals surface area contributed by atoms with Gasteiger partial charge in [-0.05, 0) is 12.8 Å². The van der Waals surface area contributed by atoms with Crippen molar-refractivity contribution >= 4 is 0 Å². The van der Waals surface area contributed by atoms with E-state index in [0.717, 1.165) is 0 Å². The average Bonchev–Trinajstić information content (AvgIpc) is 2.50. The molecule has 2 unspecified atom stereocenters. The van der Waals surface area contributed by atoms with Crippen molar-refractivity contribution in [2.24, 2.45) is 10.2 Å². The second kappa shape index (κ2) is 7.16. The lowest BCUT2D eigenvalue weighted by atomic mass is 9.95. The molecule has 0 spiro atoms. The van der Waals surface area contributed by atoms with Crippen molar-refractivity contribution in [1.82, 2.24) is 0 Å². The van der Waals surface area contributed by atoms with Crippen molar-refractivity contribution < 1.29 is 10.2 Å². The van der Waals surface area contributed by atoms with Gasteiger partial charge in [-0.25, -0.2) is 0 Å². The van der Waals surface area contributed by atoms with E-state index in [0.29, 0.717) is 0 Å². The number of rotatable bonds is 6. The highest BCUT2D eigenvalue weighted by Gasteiger charge is 2.39. The molecule has 0 heterocycles. The molecule has 0 aromatic heterocycles. The predicted octanol–water partition coefficient (Wildman–Crippen LogP) is 0.552. The van der Waals surface area contributed by atoms with Crippen molar-refractivity contribution in [3.63, 3.8) is 0 Å². The fourth-order valence-electron chi connectivity index (χ4n) is 1.43. The molecule has 2 atom stereocenters. The van der Waals surface area contributed by atoms with Crippen LogP contribution in [0, 0.1) is 45.3 Å². The van der Waals surface area contributed by atoms with Gasteiger partial charge in [0, 0.05) is 0 Å². The third kappa shape index (κ3) is 3.49. The molecule has 0 rings (SSSR count). The van der Waals surface area contributed by atoms with E-state index in [1.54, 1.807) is 13.8 Å². The zero-order valence-corrected chi connectivity index (χ0v) is 11.1. The summed E-state index contributed by atoms with van der Waals surface area (Å²) < 4.78 is 0. The summed E-state index contributed by atoms with van der Waals surface area (Å²) >= 11 is 0. The lowest BCUT2D eigenvalue weighted by molar-refractivity contribution is 0.108. The van der Waals surface area contributed by atoms with Gasteiger partial charge in [0.15, 0.2) is 0 Å². The smallest absolute Gasteiger partial charge is 0.263 e. The van der Waals surface area contributed by atoms with Gasteiger partial charge in [-0.3, -0.25) is 0 Å². The van der Waals surface area contributed by atoms with E-state index >= 15 is 0 Å². The molecule has 20 heavy (non-hydrogen) atoms. The summed E-state index contributed by atoms with van der Waals surface area (Å²) in [6.45, 7) is 3.18. The molecule has 0 aliphatic heterocycles. The summed E-state index contributed by atoms with van der Waals surface area (Å²) in [6, 6.07) is 3.48. The Balaban J connectivity index is 5.39. The molecule has 0 aliphatic rings. The highest BCUT2D eigenvalue weighted by molar-refractivity contribution is 5.23. The van der Waals surface area contributed by atoms with Crippen LogP contribution in [0.25, 0.3) is 0 Å². The second-order valence-corrected chi connectivity index (χ2v) is 4.06. The SMILES string of the molecule is CCC(N=NC(CC)C(O)(C#N)C#N)C(O)(C#N)C#N. The first-order valence-electron chi connectivity index (χ1n) is 5.87. The van der Waals surface area contributed by atoms with E-state index < -0.39 is 23.3 Å². The summed E-state index contributed by atoms with van der Waals surface area (Å²) in [5, 5.41) is 61.9. The number of hydrogen-bond acceptors (Lipinski definition) is 8. The Morgan fingerprint density at radius 2 is 1.05 bits per heavy atom. The van der Waals surface area contributed by atoms with Crippen LogP contribution in [0.5, 0.6) is 0 Å². The van der Waals surface area contributed by atoms with Gasteiger partial charge in [-0.1, -0.05) is 13.8 Å². The van der Waals surface area contributed by atoms with E-state index in [1.807, 2.05) is 0 Å². The molecule has 104 valence electrons. The maximum atomic E-state index is 9.72. The van der Waals surface area contributed by atoms with Gasteiger partial charge in [0.2, 0.25) is 0 Å². The van der Waals surface area contributed by atoms with Gasteiger partial charge in [0.25, 0.3) is 11.2 Å². The van der Waals surface area contributed by atoms with E-state index in [2.05, 4.69) is 10.2 Å². The standard InChI is InChI=1S/C12H14N6O2/c1-3-9(11(19,5-13)6-14)17-18-10(4-2)12(20,7-15)8-16/h9-10,19-20H,3-4H2,1-2H3. The minimum Gasteiger partial charge on any atom is -0.362 e. The average molecular weight is 274 g/mol. The van der Waals surface area contributed by atoms with Crippen molar-refractivity contribution in [2.75, 3.05) is 0 Å². The molecule has 8 heteroatoms. The number of nitrogens with zero attached hydrogens (tertiary/aromatic N) is 6. The van der Waals surface area contributed by atoms with E-state index in [4.69, 9.17) is 21.0 Å². The Labute approximate surface area is 116 Å². The predicted molar refractivity (Wildman–Crippen MR) is 65.4 cm³/mol. The van der Waals surface area contributed by atoms with Crippen LogP contribution in [0.3, 0.4) is 0 Å². The van der Waals surface area contributed by atoms with Crippen LogP contribution in [0.2, 0.25) is 0 Å². The van der Waals surface area contributed by atoms with Crippen LogP contribution < -0.4 is 0 Å². The van der Waals surface area contributed by atoms with Crippen LogP contribution in [-0.2, 0) is 0 Å². The minimum atomic E-state index is -2.34. The number of aliphatic hydroxyl groups is 2. The highest BCUT2D eigenvalue weighted by atomic mass is 16.3. The van der Waals surface area contributed by atoms with E-state index in [-0.39, 0.29) is 12.8 Å². The van der Waals surface area contributed by atoms with E-state index in [1.165, 1.54) is 24.3 Å². The molecule has 0 aromatic carbocycles. The monoisotopic (exact) mass is 274 g/mol. The Kier molecular flexibility index (Phi) is 6.26. The quantitative estimate of drug-likeness (QED) is 0.531. The van der Waals surface area contributed by atoms with Gasteiger partial charge in [0.1, 0.15) is 36.4 Å². The molecule has 0 saturated carbocycles. The van der Waals surface area contributed by atoms with Crippen molar-refractivity contribution in [2.45, 2.75) is 50.0 Å². The summed E-state index contributed by atoms with van der Waals surface area (Å²) in [4.78, 5) is 0. The molecule has 0 bridgehead atoms. The maximum absolute atomic E-state index is 9.72. The lowest BCUT2D eigenvalue weighted by Gasteiger charge is -2.21. The summed E-state index contributed by atoms with van der Waals surface area (Å²) in [5.74, 6) is 0. The second-order valence-electron chi connectivity index (χ2n) is 4.06. The molecule has 0 amide bonds. The first-order valence-corrected chi connectivity index (χ1v) is 5.87. The van der Waals surface area contributed by atoms with Gasteiger partial charge in [-0.15, -0.1) is 0 Å².